The number of carbonyl (C=O) groups is 2. The summed E-state index contributed by atoms with van der Waals surface area (Å²) in [7, 11) is 2.28. The number of benzene rings is 3. The van der Waals surface area contributed by atoms with Crippen LogP contribution in [-0.4, -0.2) is 47.2 Å². The van der Waals surface area contributed by atoms with Gasteiger partial charge in [-0.1, -0.05) is 91.0 Å². The number of fused-ring (bicyclic) bond motifs is 2. The van der Waals surface area contributed by atoms with Gasteiger partial charge in [-0.2, -0.15) is 13.2 Å². The minimum atomic E-state index is -5.08. The first-order valence-corrected chi connectivity index (χ1v) is 13.6. The lowest BCUT2D eigenvalue weighted by Crippen LogP contribution is -2.48. The molecule has 2 aliphatic rings. The van der Waals surface area contributed by atoms with E-state index in [1.807, 2.05) is 30.3 Å². The van der Waals surface area contributed by atoms with Gasteiger partial charge in [-0.25, -0.2) is 4.79 Å². The minimum absolute atomic E-state index is 0.107. The molecule has 3 aromatic carbocycles. The van der Waals surface area contributed by atoms with Crippen molar-refractivity contribution in [3.63, 3.8) is 0 Å². The molecule has 2 fully saturated rings. The first-order valence-electron chi connectivity index (χ1n) is 13.6. The Kier molecular flexibility index (Phi) is 9.30. The van der Waals surface area contributed by atoms with Crippen LogP contribution in [0.4, 0.5) is 13.2 Å². The summed E-state index contributed by atoms with van der Waals surface area (Å²) in [4.78, 5) is 25.7. The number of nitrogens with one attached hydrogen (secondary N) is 1. The molecule has 0 aliphatic carbocycles. The van der Waals surface area contributed by atoms with Crippen molar-refractivity contribution in [3.8, 4) is 0 Å². The third-order valence-corrected chi connectivity index (χ3v) is 8.25. The maximum Gasteiger partial charge on any atom is 0.490 e. The van der Waals surface area contributed by atoms with Gasteiger partial charge in [0.1, 0.15) is 0 Å². The second kappa shape index (κ2) is 12.7. The summed E-state index contributed by atoms with van der Waals surface area (Å²) in [6.45, 7) is 0.541. The van der Waals surface area contributed by atoms with Gasteiger partial charge in [0, 0.05) is 18.6 Å². The molecule has 5 nitrogen and oxygen atoms in total. The molecule has 0 spiro atoms. The lowest BCUT2D eigenvalue weighted by molar-refractivity contribution is -0.192. The van der Waals surface area contributed by atoms with E-state index >= 15 is 0 Å². The van der Waals surface area contributed by atoms with Crippen molar-refractivity contribution in [1.29, 1.82) is 0 Å². The molecule has 212 valence electrons. The molecule has 3 atom stereocenters. The number of aliphatic carboxylic acids is 1. The molecule has 1 amide bonds. The quantitative estimate of drug-likeness (QED) is 0.367. The van der Waals surface area contributed by atoms with Crippen molar-refractivity contribution < 1.29 is 27.9 Å². The Morgan fingerprint density at radius 2 is 1.25 bits per heavy atom. The first-order chi connectivity index (χ1) is 19.1. The van der Waals surface area contributed by atoms with Crippen LogP contribution in [0.2, 0.25) is 0 Å². The molecule has 2 bridgehead atoms. The smallest absolute Gasteiger partial charge is 0.475 e. The van der Waals surface area contributed by atoms with Crippen molar-refractivity contribution in [3.05, 3.63) is 108 Å². The summed E-state index contributed by atoms with van der Waals surface area (Å²) >= 11 is 0. The molecular weight excluding hydrogens is 517 g/mol. The van der Waals surface area contributed by atoms with Crippen molar-refractivity contribution in [2.45, 2.75) is 62.3 Å². The molecule has 0 radical (unpaired) electrons. The number of piperidine rings is 1. The highest BCUT2D eigenvalue weighted by atomic mass is 19.4. The van der Waals surface area contributed by atoms with E-state index in [2.05, 4.69) is 77.9 Å². The molecule has 0 saturated carbocycles. The van der Waals surface area contributed by atoms with Gasteiger partial charge >= 0.3 is 12.1 Å². The van der Waals surface area contributed by atoms with Gasteiger partial charge in [-0.3, -0.25) is 4.79 Å². The van der Waals surface area contributed by atoms with Gasteiger partial charge in [0.25, 0.3) is 0 Å². The monoisotopic (exact) mass is 552 g/mol. The molecule has 2 heterocycles. The molecule has 2 aliphatic heterocycles. The summed E-state index contributed by atoms with van der Waals surface area (Å²) in [5, 5.41) is 10.4. The van der Waals surface area contributed by atoms with Crippen molar-refractivity contribution >= 4 is 11.9 Å². The molecule has 1 unspecified atom stereocenters. The number of alkyl halides is 3. The van der Waals surface area contributed by atoms with Gasteiger partial charge in [-0.05, 0) is 61.8 Å². The molecular formula is C32H35F3N2O3. The summed E-state index contributed by atoms with van der Waals surface area (Å²) < 4.78 is 31.7. The Hall–Kier alpha value is -3.65. The van der Waals surface area contributed by atoms with E-state index < -0.39 is 17.6 Å². The highest BCUT2D eigenvalue weighted by Gasteiger charge is 2.47. The summed E-state index contributed by atoms with van der Waals surface area (Å²) in [5.74, 6) is -2.12. The Morgan fingerprint density at radius 1 is 0.825 bits per heavy atom. The number of rotatable bonds is 7. The zero-order valence-electron chi connectivity index (χ0n) is 22.5. The van der Waals surface area contributed by atoms with Gasteiger partial charge in [0.2, 0.25) is 5.91 Å². The SMILES string of the molecule is CN1[C@@H]2CC[C@H]1CC(CC(C(=O)NCc1ccccc1)(c1ccccc1)c1ccccc1)C2.O=C(O)C(F)(F)F. The van der Waals surface area contributed by atoms with Crippen LogP contribution in [0, 0.1) is 5.92 Å². The number of halogens is 3. The zero-order valence-corrected chi connectivity index (χ0v) is 22.5. The predicted molar refractivity (Wildman–Crippen MR) is 148 cm³/mol. The summed E-state index contributed by atoms with van der Waals surface area (Å²) in [6.07, 6.45) is 0.715. The number of nitrogens with zero attached hydrogens (tertiary/aromatic N) is 1. The average Bonchev–Trinajstić information content (AvgIpc) is 3.16. The number of carbonyl (C=O) groups excluding carboxylic acids is 1. The number of carboxylic acids is 1. The van der Waals surface area contributed by atoms with Crippen LogP contribution < -0.4 is 5.32 Å². The lowest BCUT2D eigenvalue weighted by Gasteiger charge is -2.42. The van der Waals surface area contributed by atoms with E-state index in [1.54, 1.807) is 0 Å². The van der Waals surface area contributed by atoms with E-state index in [-0.39, 0.29) is 5.91 Å². The highest BCUT2D eigenvalue weighted by Crippen LogP contribution is 2.46. The van der Waals surface area contributed by atoms with Gasteiger partial charge in [0.15, 0.2) is 0 Å². The molecule has 2 N–H and O–H groups in total. The summed E-state index contributed by atoms with van der Waals surface area (Å²) in [6, 6.07) is 32.4. The second-order valence-electron chi connectivity index (χ2n) is 10.7. The fourth-order valence-corrected chi connectivity index (χ4v) is 6.26. The molecule has 2 saturated heterocycles. The minimum Gasteiger partial charge on any atom is -0.475 e. The van der Waals surface area contributed by atoms with Crippen molar-refractivity contribution in [1.82, 2.24) is 10.2 Å². The Bertz CT molecular complexity index is 1200. The van der Waals surface area contributed by atoms with E-state index in [0.717, 1.165) is 23.1 Å². The van der Waals surface area contributed by atoms with Crippen LogP contribution in [-0.2, 0) is 21.5 Å². The molecule has 3 aromatic rings. The molecule has 40 heavy (non-hydrogen) atoms. The molecule has 0 aromatic heterocycles. The average molecular weight is 553 g/mol. The standard InChI is InChI=1S/C30H34N2O.C2HF3O2/c1-32-27-17-18-28(32)20-24(19-27)21-30(25-13-7-3-8-14-25,26-15-9-4-10-16-26)29(33)31-22-23-11-5-2-6-12-23;3-2(4,5)1(6)7/h2-16,24,27-28H,17-22H2,1H3,(H,31,33);(H,6,7)/t24?,27-,28+;. The van der Waals surface area contributed by atoms with Crippen LogP contribution in [0.25, 0.3) is 0 Å². The van der Waals surface area contributed by atoms with Gasteiger partial charge < -0.3 is 15.3 Å². The van der Waals surface area contributed by atoms with E-state index in [4.69, 9.17) is 9.90 Å². The van der Waals surface area contributed by atoms with Crippen LogP contribution in [0.5, 0.6) is 0 Å². The second-order valence-corrected chi connectivity index (χ2v) is 10.7. The maximum atomic E-state index is 14.2. The molecule has 5 rings (SSSR count). The Labute approximate surface area is 233 Å². The van der Waals surface area contributed by atoms with E-state index in [1.165, 1.54) is 25.7 Å². The lowest BCUT2D eigenvalue weighted by atomic mass is 9.66. The van der Waals surface area contributed by atoms with Crippen molar-refractivity contribution in [2.24, 2.45) is 5.92 Å². The number of hydrogen-bond donors (Lipinski definition) is 2. The predicted octanol–water partition coefficient (Wildman–Crippen LogP) is 6.19. The van der Waals surface area contributed by atoms with E-state index in [9.17, 15) is 18.0 Å². The third kappa shape index (κ3) is 6.73. The fourth-order valence-electron chi connectivity index (χ4n) is 6.26. The largest absolute Gasteiger partial charge is 0.490 e. The fraction of sp³-hybridized carbons (Fsp3) is 0.375. The first kappa shape index (κ1) is 29.3. The van der Waals surface area contributed by atoms with Crippen molar-refractivity contribution in [2.75, 3.05) is 7.05 Å². The number of hydrogen-bond acceptors (Lipinski definition) is 3. The summed E-state index contributed by atoms with van der Waals surface area (Å²) in [5.41, 5.74) is 2.61. The van der Waals surface area contributed by atoms with Crippen LogP contribution in [0.15, 0.2) is 91.0 Å². The molecule has 8 heteroatoms. The number of amides is 1. The number of carboxylic acid groups (broad SMARTS) is 1. The van der Waals surface area contributed by atoms with Crippen LogP contribution in [0.1, 0.15) is 48.8 Å². The van der Waals surface area contributed by atoms with E-state index in [0.29, 0.717) is 24.5 Å². The third-order valence-electron chi connectivity index (χ3n) is 8.25. The van der Waals surface area contributed by atoms with Crippen LogP contribution in [0.3, 0.4) is 0 Å². The Morgan fingerprint density at radius 3 is 1.68 bits per heavy atom. The topological polar surface area (TPSA) is 69.6 Å². The highest BCUT2D eigenvalue weighted by molar-refractivity contribution is 5.92. The normalized spacial score (nSPS) is 20.8. The Balaban J connectivity index is 0.000000470. The zero-order chi connectivity index (χ0) is 28.8. The van der Waals surface area contributed by atoms with Crippen LogP contribution >= 0.6 is 0 Å². The van der Waals surface area contributed by atoms with Gasteiger partial charge in [-0.15, -0.1) is 0 Å². The maximum absolute atomic E-state index is 14.2. The van der Waals surface area contributed by atoms with Gasteiger partial charge in [0.05, 0.1) is 5.41 Å².